The molecule has 1 saturated heterocycles. The molecule has 0 amide bonds. The Morgan fingerprint density at radius 2 is 1.85 bits per heavy atom. The van der Waals surface area contributed by atoms with E-state index in [4.69, 9.17) is 10.5 Å². The van der Waals surface area contributed by atoms with Gasteiger partial charge in [0.25, 0.3) is 0 Å². The van der Waals surface area contributed by atoms with Crippen LogP contribution in [-0.4, -0.2) is 43.8 Å². The summed E-state index contributed by atoms with van der Waals surface area (Å²) in [6.07, 6.45) is 10.2. The second-order valence-corrected chi connectivity index (χ2v) is 8.63. The van der Waals surface area contributed by atoms with Gasteiger partial charge in [0.15, 0.2) is 0 Å². The number of aryl methyl sites for hydroxylation is 1. The van der Waals surface area contributed by atoms with Crippen molar-refractivity contribution in [1.82, 2.24) is 4.90 Å². The monoisotopic (exact) mass is 358 g/mol. The van der Waals surface area contributed by atoms with Crippen LogP contribution < -0.4 is 5.73 Å². The summed E-state index contributed by atoms with van der Waals surface area (Å²) in [4.78, 5) is 2.68. The van der Waals surface area contributed by atoms with Crippen LogP contribution in [0.5, 0.6) is 0 Å². The highest BCUT2D eigenvalue weighted by atomic mass is 16.5. The van der Waals surface area contributed by atoms with Gasteiger partial charge < -0.3 is 15.4 Å². The van der Waals surface area contributed by atoms with Crippen LogP contribution in [0.2, 0.25) is 0 Å². The first kappa shape index (κ1) is 19.9. The van der Waals surface area contributed by atoms with E-state index in [1.807, 2.05) is 0 Å². The van der Waals surface area contributed by atoms with E-state index in [0.717, 1.165) is 13.2 Å². The highest BCUT2D eigenvalue weighted by molar-refractivity contribution is 5.15. The van der Waals surface area contributed by atoms with Crippen molar-refractivity contribution in [2.45, 2.75) is 64.3 Å². The molecule has 0 bridgehead atoms. The molecule has 2 N–H and O–H groups in total. The predicted octanol–water partition coefficient (Wildman–Crippen LogP) is 4.26. The molecule has 146 valence electrons. The number of ether oxygens (including phenoxy) is 1. The minimum atomic E-state index is 0.358. The number of piperidine rings is 1. The predicted molar refractivity (Wildman–Crippen MR) is 109 cm³/mol. The number of likely N-dealkylation sites (tertiary alicyclic amines) is 1. The van der Waals surface area contributed by atoms with E-state index >= 15 is 0 Å². The topological polar surface area (TPSA) is 38.5 Å². The van der Waals surface area contributed by atoms with Gasteiger partial charge in [0, 0.05) is 19.2 Å². The zero-order valence-electron chi connectivity index (χ0n) is 16.7. The molecule has 1 aromatic rings. The van der Waals surface area contributed by atoms with Gasteiger partial charge in [0.2, 0.25) is 0 Å². The van der Waals surface area contributed by atoms with Crippen molar-refractivity contribution < 1.29 is 4.74 Å². The zero-order chi connectivity index (χ0) is 18.2. The molecule has 1 aliphatic heterocycles. The molecule has 2 fully saturated rings. The lowest BCUT2D eigenvalue weighted by molar-refractivity contribution is -0.00528. The Hall–Kier alpha value is -0.900. The largest absolute Gasteiger partial charge is 0.381 e. The van der Waals surface area contributed by atoms with Crippen molar-refractivity contribution in [3.05, 3.63) is 35.9 Å². The molecule has 3 heteroatoms. The van der Waals surface area contributed by atoms with Gasteiger partial charge in [-0.05, 0) is 75.4 Å². The average Bonchev–Trinajstić information content (AvgIpc) is 2.69. The third kappa shape index (κ3) is 5.55. The van der Waals surface area contributed by atoms with E-state index in [2.05, 4.69) is 42.2 Å². The summed E-state index contributed by atoms with van der Waals surface area (Å²) in [5, 5.41) is 0. The molecule has 2 unspecified atom stereocenters. The lowest BCUT2D eigenvalue weighted by Gasteiger charge is -2.43. The molecular weight excluding hydrogens is 320 g/mol. The van der Waals surface area contributed by atoms with E-state index < -0.39 is 0 Å². The number of nitrogens with zero attached hydrogens (tertiary/aromatic N) is 1. The van der Waals surface area contributed by atoms with Crippen LogP contribution in [0.15, 0.2) is 30.3 Å². The molecule has 2 aliphatic rings. The minimum absolute atomic E-state index is 0.358. The number of nitrogens with two attached hydrogens (primary N) is 1. The van der Waals surface area contributed by atoms with Crippen molar-refractivity contribution in [2.24, 2.45) is 17.1 Å². The number of hydrogen-bond donors (Lipinski definition) is 1. The second kappa shape index (κ2) is 9.87. The minimum Gasteiger partial charge on any atom is -0.381 e. The first-order chi connectivity index (χ1) is 12.7. The number of rotatable bonds is 8. The van der Waals surface area contributed by atoms with Crippen molar-refractivity contribution in [3.63, 3.8) is 0 Å². The number of hydrogen-bond acceptors (Lipinski definition) is 3. The Kier molecular flexibility index (Phi) is 7.53. The molecule has 3 nitrogen and oxygen atoms in total. The third-order valence-corrected chi connectivity index (χ3v) is 6.78. The Balaban J connectivity index is 1.52. The summed E-state index contributed by atoms with van der Waals surface area (Å²) in [6.45, 7) is 7.51. The average molecular weight is 359 g/mol. The van der Waals surface area contributed by atoms with Crippen LogP contribution in [0, 0.1) is 11.3 Å². The molecule has 1 heterocycles. The third-order valence-electron chi connectivity index (χ3n) is 6.78. The summed E-state index contributed by atoms with van der Waals surface area (Å²) in [6, 6.07) is 11.4. The van der Waals surface area contributed by atoms with Gasteiger partial charge in [-0.15, -0.1) is 0 Å². The fourth-order valence-corrected chi connectivity index (χ4v) is 4.84. The fraction of sp³-hybridized carbons (Fsp3) is 0.739. The molecule has 0 radical (unpaired) electrons. The fourth-order valence-electron chi connectivity index (χ4n) is 4.84. The standard InChI is InChI=1S/C23H38N2O/c1-2-26-19-23(13-12-20-8-4-3-5-9-20)14-16-25(17-15-23)18-21-10-6-7-11-22(21)24/h3-5,8-9,21-22H,2,6-7,10-19,24H2,1H3. The molecule has 0 aromatic heterocycles. The summed E-state index contributed by atoms with van der Waals surface area (Å²) < 4.78 is 5.93. The maximum atomic E-state index is 6.38. The van der Waals surface area contributed by atoms with Crippen molar-refractivity contribution in [3.8, 4) is 0 Å². The second-order valence-electron chi connectivity index (χ2n) is 8.63. The van der Waals surface area contributed by atoms with Gasteiger partial charge >= 0.3 is 0 Å². The van der Waals surface area contributed by atoms with Gasteiger partial charge in [0.1, 0.15) is 0 Å². The lowest BCUT2D eigenvalue weighted by Crippen LogP contribution is -2.47. The van der Waals surface area contributed by atoms with Gasteiger partial charge in [-0.1, -0.05) is 43.2 Å². The normalized spacial score (nSPS) is 26.7. The summed E-state index contributed by atoms with van der Waals surface area (Å²) >= 11 is 0. The highest BCUT2D eigenvalue weighted by Gasteiger charge is 2.35. The van der Waals surface area contributed by atoms with Gasteiger partial charge in [-0.3, -0.25) is 0 Å². The summed E-state index contributed by atoms with van der Waals surface area (Å²) in [7, 11) is 0. The Bertz CT molecular complexity index is 510. The Labute approximate surface area is 160 Å². The Morgan fingerprint density at radius 3 is 2.54 bits per heavy atom. The molecule has 26 heavy (non-hydrogen) atoms. The lowest BCUT2D eigenvalue weighted by atomic mass is 9.74. The number of benzene rings is 1. The van der Waals surface area contributed by atoms with Crippen LogP contribution >= 0.6 is 0 Å². The first-order valence-corrected chi connectivity index (χ1v) is 10.8. The molecule has 3 rings (SSSR count). The van der Waals surface area contributed by atoms with Crippen LogP contribution in [0.4, 0.5) is 0 Å². The smallest absolute Gasteiger partial charge is 0.0523 e. The van der Waals surface area contributed by atoms with Crippen molar-refractivity contribution >= 4 is 0 Å². The molecule has 1 aliphatic carbocycles. The zero-order valence-corrected chi connectivity index (χ0v) is 16.7. The summed E-state index contributed by atoms with van der Waals surface area (Å²) in [5.74, 6) is 0.715. The van der Waals surface area contributed by atoms with Gasteiger partial charge in [-0.25, -0.2) is 0 Å². The van der Waals surface area contributed by atoms with Crippen molar-refractivity contribution in [1.29, 1.82) is 0 Å². The first-order valence-electron chi connectivity index (χ1n) is 10.8. The SMILES string of the molecule is CCOCC1(CCc2ccccc2)CCN(CC2CCCCC2N)CC1. The van der Waals surface area contributed by atoms with E-state index in [-0.39, 0.29) is 0 Å². The van der Waals surface area contributed by atoms with Crippen LogP contribution in [-0.2, 0) is 11.2 Å². The van der Waals surface area contributed by atoms with E-state index in [0.29, 0.717) is 17.4 Å². The van der Waals surface area contributed by atoms with Gasteiger partial charge in [-0.2, -0.15) is 0 Å². The quantitative estimate of drug-likeness (QED) is 0.755. The summed E-state index contributed by atoms with van der Waals surface area (Å²) in [5.41, 5.74) is 8.20. The Morgan fingerprint density at radius 1 is 1.12 bits per heavy atom. The van der Waals surface area contributed by atoms with Crippen LogP contribution in [0.1, 0.15) is 57.4 Å². The van der Waals surface area contributed by atoms with E-state index in [1.54, 1.807) is 0 Å². The molecular formula is C23H38N2O. The molecule has 1 aromatic carbocycles. The maximum absolute atomic E-state index is 6.38. The molecule has 0 spiro atoms. The van der Waals surface area contributed by atoms with Crippen LogP contribution in [0.25, 0.3) is 0 Å². The molecule has 1 saturated carbocycles. The molecule has 2 atom stereocenters. The maximum Gasteiger partial charge on any atom is 0.0523 e. The van der Waals surface area contributed by atoms with E-state index in [9.17, 15) is 0 Å². The van der Waals surface area contributed by atoms with Gasteiger partial charge in [0.05, 0.1) is 6.61 Å². The van der Waals surface area contributed by atoms with Crippen LogP contribution in [0.3, 0.4) is 0 Å². The van der Waals surface area contributed by atoms with E-state index in [1.165, 1.54) is 76.6 Å². The van der Waals surface area contributed by atoms with Crippen molar-refractivity contribution in [2.75, 3.05) is 32.8 Å². The highest BCUT2D eigenvalue weighted by Crippen LogP contribution is 2.37.